The molecule has 0 saturated carbocycles. The molecule has 2 nitrogen and oxygen atoms in total. The minimum atomic E-state index is -0.0920. The van der Waals surface area contributed by atoms with Crippen LogP contribution in [0.15, 0.2) is 74.0 Å². The average molecular weight is 263 g/mol. The highest BCUT2D eigenvalue weighted by Gasteiger charge is 2.16. The molecule has 0 aliphatic heterocycles. The van der Waals surface area contributed by atoms with Gasteiger partial charge in [0.15, 0.2) is 0 Å². The molecule has 0 bridgehead atoms. The first-order chi connectivity index (χ1) is 9.72. The maximum absolute atomic E-state index is 12.2. The number of allylic oxidation sites excluding steroid dienone is 6. The highest BCUT2D eigenvalue weighted by Crippen LogP contribution is 2.26. The van der Waals surface area contributed by atoms with Crippen LogP contribution in [-0.2, 0) is 0 Å². The number of nitrogens with zero attached hydrogens (tertiary/aromatic N) is 1. The molecule has 2 aromatic rings. The summed E-state index contributed by atoms with van der Waals surface area (Å²) in [4.78, 5) is 12.2. The van der Waals surface area contributed by atoms with E-state index in [1.807, 2.05) is 60.0 Å². The number of aromatic nitrogens is 1. The van der Waals surface area contributed by atoms with Crippen LogP contribution in [0.25, 0.3) is 11.1 Å². The zero-order valence-corrected chi connectivity index (χ0v) is 11.5. The summed E-state index contributed by atoms with van der Waals surface area (Å²) in [7, 11) is 0. The molecular weight excluding hydrogens is 246 g/mol. The van der Waals surface area contributed by atoms with Crippen LogP contribution in [0.4, 0.5) is 0 Å². The van der Waals surface area contributed by atoms with Gasteiger partial charge in [-0.25, -0.2) is 0 Å². The van der Waals surface area contributed by atoms with Crippen LogP contribution in [-0.4, -0.2) is 10.2 Å². The minimum absolute atomic E-state index is 0.0920. The Bertz CT molecular complexity index is 729. The normalized spacial score (nSPS) is 11.9. The molecule has 0 fully saturated rings. The van der Waals surface area contributed by atoms with Gasteiger partial charge in [0.25, 0.3) is 0 Å². The largest absolute Gasteiger partial charge is 0.313 e. The first kappa shape index (κ1) is 13.8. The lowest BCUT2D eigenvalue weighted by atomic mass is 10.0. The number of hydrogen-bond acceptors (Lipinski definition) is 1. The fraction of sp³-hybridized carbons (Fsp3) is 0.0556. The molecule has 0 aliphatic carbocycles. The van der Waals surface area contributed by atoms with Gasteiger partial charge in [-0.2, -0.15) is 0 Å². The van der Waals surface area contributed by atoms with Gasteiger partial charge in [0.1, 0.15) is 5.69 Å². The highest BCUT2D eigenvalue weighted by molar-refractivity contribution is 6.08. The Balaban J connectivity index is 2.80. The van der Waals surface area contributed by atoms with E-state index >= 15 is 0 Å². The summed E-state index contributed by atoms with van der Waals surface area (Å²) >= 11 is 0. The third kappa shape index (κ3) is 2.41. The van der Waals surface area contributed by atoms with E-state index in [1.54, 1.807) is 6.08 Å². The van der Waals surface area contributed by atoms with Gasteiger partial charge >= 0.3 is 0 Å². The third-order valence-electron chi connectivity index (χ3n) is 3.05. The van der Waals surface area contributed by atoms with E-state index in [-0.39, 0.29) is 5.78 Å². The first-order valence-corrected chi connectivity index (χ1v) is 6.45. The number of hydrogen-bond donors (Lipinski definition) is 0. The van der Waals surface area contributed by atoms with E-state index in [9.17, 15) is 4.79 Å². The average Bonchev–Trinajstić information content (AvgIpc) is 2.85. The molecule has 2 aromatic heterocycles. The van der Waals surface area contributed by atoms with Crippen molar-refractivity contribution in [2.24, 2.45) is 0 Å². The van der Waals surface area contributed by atoms with Crippen LogP contribution in [0, 0.1) is 0 Å². The molecule has 0 saturated heterocycles. The Morgan fingerprint density at radius 1 is 1.30 bits per heavy atom. The molecule has 2 heterocycles. The van der Waals surface area contributed by atoms with E-state index < -0.39 is 0 Å². The topological polar surface area (TPSA) is 21.5 Å². The summed E-state index contributed by atoms with van der Waals surface area (Å²) in [6, 6.07) is 7.84. The molecule has 0 radical (unpaired) electrons. The lowest BCUT2D eigenvalue weighted by Crippen LogP contribution is -2.02. The molecule has 2 heteroatoms. The van der Waals surface area contributed by atoms with Crippen molar-refractivity contribution in [3.05, 3.63) is 85.3 Å². The zero-order chi connectivity index (χ0) is 14.5. The quantitative estimate of drug-likeness (QED) is 0.443. The monoisotopic (exact) mass is 263 g/mol. The van der Waals surface area contributed by atoms with Crippen LogP contribution >= 0.6 is 0 Å². The molecule has 0 N–H and O–H groups in total. The van der Waals surface area contributed by atoms with Gasteiger partial charge in [-0.3, -0.25) is 4.79 Å². The van der Waals surface area contributed by atoms with Crippen LogP contribution in [0.2, 0.25) is 0 Å². The van der Waals surface area contributed by atoms with E-state index in [0.29, 0.717) is 5.69 Å². The molecule has 0 atom stereocenters. The zero-order valence-electron chi connectivity index (χ0n) is 11.5. The second kappa shape index (κ2) is 6.02. The van der Waals surface area contributed by atoms with Crippen LogP contribution < -0.4 is 0 Å². The Kier molecular flexibility index (Phi) is 4.16. The van der Waals surface area contributed by atoms with Crippen molar-refractivity contribution >= 4 is 16.9 Å². The minimum Gasteiger partial charge on any atom is -0.313 e. The Hall–Kier alpha value is -2.61. The van der Waals surface area contributed by atoms with Gasteiger partial charge < -0.3 is 4.40 Å². The van der Waals surface area contributed by atoms with Gasteiger partial charge in [-0.15, -0.1) is 0 Å². The van der Waals surface area contributed by atoms with Crippen molar-refractivity contribution < 1.29 is 4.79 Å². The van der Waals surface area contributed by atoms with E-state index in [1.165, 1.54) is 6.08 Å². The predicted molar refractivity (Wildman–Crippen MR) is 84.9 cm³/mol. The first-order valence-electron chi connectivity index (χ1n) is 6.45. The summed E-state index contributed by atoms with van der Waals surface area (Å²) in [6.45, 7) is 9.28. The SMILES string of the molecule is C=C/C=C(\C=C/C)c1cc2ccccn2c1C(=O)C=C. The van der Waals surface area contributed by atoms with Crippen molar-refractivity contribution in [2.45, 2.75) is 6.92 Å². The maximum Gasteiger partial charge on any atom is 0.202 e. The summed E-state index contributed by atoms with van der Waals surface area (Å²) in [5.74, 6) is -0.0920. The van der Waals surface area contributed by atoms with E-state index in [4.69, 9.17) is 0 Å². The van der Waals surface area contributed by atoms with Gasteiger partial charge in [0, 0.05) is 17.3 Å². The summed E-state index contributed by atoms with van der Waals surface area (Å²) < 4.78 is 1.89. The Morgan fingerprint density at radius 3 is 2.75 bits per heavy atom. The highest BCUT2D eigenvalue weighted by atomic mass is 16.1. The lowest BCUT2D eigenvalue weighted by molar-refractivity contribution is 0.104. The van der Waals surface area contributed by atoms with Crippen molar-refractivity contribution in [1.29, 1.82) is 0 Å². The standard InChI is InChI=1S/C18H17NO/c1-4-9-14(10-5-2)16-13-15-11-7-8-12-19(15)18(16)17(20)6-3/h4-13H,1,3H2,2H3/b10-5-,14-9+. The van der Waals surface area contributed by atoms with Crippen molar-refractivity contribution in [1.82, 2.24) is 4.40 Å². The Morgan fingerprint density at radius 2 is 2.10 bits per heavy atom. The Labute approximate surface area is 119 Å². The lowest BCUT2D eigenvalue weighted by Gasteiger charge is -2.04. The predicted octanol–water partition coefficient (Wildman–Crippen LogP) is 4.45. The summed E-state index contributed by atoms with van der Waals surface area (Å²) in [5.41, 5.74) is 3.45. The number of carbonyl (C=O) groups is 1. The molecule has 2 rings (SSSR count). The maximum atomic E-state index is 12.2. The van der Waals surface area contributed by atoms with Gasteiger partial charge in [0.05, 0.1) is 0 Å². The van der Waals surface area contributed by atoms with Gasteiger partial charge in [-0.05, 0) is 36.8 Å². The van der Waals surface area contributed by atoms with E-state index in [0.717, 1.165) is 16.7 Å². The van der Waals surface area contributed by atoms with E-state index in [2.05, 4.69) is 13.2 Å². The van der Waals surface area contributed by atoms with Crippen LogP contribution in [0.3, 0.4) is 0 Å². The molecule has 0 unspecified atom stereocenters. The number of fused-ring (bicyclic) bond motifs is 1. The molecule has 0 aromatic carbocycles. The van der Waals surface area contributed by atoms with Crippen molar-refractivity contribution in [3.63, 3.8) is 0 Å². The number of pyridine rings is 1. The molecular formula is C18H17NO. The number of carbonyl (C=O) groups excluding carboxylic acids is 1. The molecule has 0 aliphatic rings. The van der Waals surface area contributed by atoms with Gasteiger partial charge in [-0.1, -0.05) is 43.5 Å². The third-order valence-corrected chi connectivity index (χ3v) is 3.05. The van der Waals surface area contributed by atoms with Crippen molar-refractivity contribution in [2.75, 3.05) is 0 Å². The molecule has 0 spiro atoms. The van der Waals surface area contributed by atoms with Crippen molar-refractivity contribution in [3.8, 4) is 0 Å². The molecule has 100 valence electrons. The van der Waals surface area contributed by atoms with Crippen LogP contribution in [0.1, 0.15) is 23.0 Å². The fourth-order valence-corrected chi connectivity index (χ4v) is 2.23. The second-order valence-corrected chi connectivity index (χ2v) is 4.33. The second-order valence-electron chi connectivity index (χ2n) is 4.33. The fourth-order valence-electron chi connectivity index (χ4n) is 2.23. The molecule has 20 heavy (non-hydrogen) atoms. The molecule has 0 amide bonds. The summed E-state index contributed by atoms with van der Waals surface area (Å²) in [5, 5.41) is 0. The summed E-state index contributed by atoms with van der Waals surface area (Å²) in [6.07, 6.45) is 10.8. The smallest absolute Gasteiger partial charge is 0.202 e. The van der Waals surface area contributed by atoms with Crippen LogP contribution in [0.5, 0.6) is 0 Å². The number of ketones is 1. The van der Waals surface area contributed by atoms with Gasteiger partial charge in [0.2, 0.25) is 5.78 Å². The number of rotatable bonds is 5.